The highest BCUT2D eigenvalue weighted by Gasteiger charge is 2.23. The minimum atomic E-state index is -0.291. The zero-order valence-corrected chi connectivity index (χ0v) is 19.3. The summed E-state index contributed by atoms with van der Waals surface area (Å²) in [5.74, 6) is -0.448. The fourth-order valence-electron chi connectivity index (χ4n) is 2.93. The van der Waals surface area contributed by atoms with Gasteiger partial charge in [-0.25, -0.2) is 0 Å². The van der Waals surface area contributed by atoms with Crippen LogP contribution in [0.3, 0.4) is 0 Å². The number of carbonyl (C=O) groups is 2. The third kappa shape index (κ3) is 5.87. The molecule has 0 atom stereocenters. The number of amides is 2. The van der Waals surface area contributed by atoms with Crippen LogP contribution in [0.5, 0.6) is 0 Å². The third-order valence-electron chi connectivity index (χ3n) is 4.58. The van der Waals surface area contributed by atoms with Crippen molar-refractivity contribution in [1.29, 1.82) is 0 Å². The van der Waals surface area contributed by atoms with Crippen molar-refractivity contribution in [3.63, 3.8) is 0 Å². The number of nitrogens with one attached hydrogen (secondary N) is 2. The zero-order valence-electron chi connectivity index (χ0n) is 17.8. The Morgan fingerprint density at radius 3 is 2.13 bits per heavy atom. The number of hydrogen-bond donors (Lipinski definition) is 2. The second-order valence-electron chi connectivity index (χ2n) is 8.27. The van der Waals surface area contributed by atoms with Crippen molar-refractivity contribution in [2.45, 2.75) is 39.7 Å². The van der Waals surface area contributed by atoms with Gasteiger partial charge in [0, 0.05) is 33.8 Å². The van der Waals surface area contributed by atoms with Crippen LogP contribution in [0.15, 0.2) is 48.5 Å². The number of aromatic nitrogens is 2. The second kappa shape index (κ2) is 9.12. The topological polar surface area (TPSA) is 76.0 Å². The molecule has 0 bridgehead atoms. The molecule has 0 saturated carbocycles. The first-order valence-corrected chi connectivity index (χ1v) is 10.5. The third-order valence-corrected chi connectivity index (χ3v) is 5.17. The van der Waals surface area contributed by atoms with Gasteiger partial charge < -0.3 is 10.6 Å². The normalized spacial score (nSPS) is 11.3. The van der Waals surface area contributed by atoms with Gasteiger partial charge in [0.25, 0.3) is 5.91 Å². The number of nitrogens with zero attached hydrogens (tertiary/aromatic N) is 2. The van der Waals surface area contributed by atoms with E-state index in [9.17, 15) is 9.59 Å². The van der Waals surface area contributed by atoms with Crippen molar-refractivity contribution in [2.75, 3.05) is 10.6 Å². The Labute approximate surface area is 191 Å². The summed E-state index contributed by atoms with van der Waals surface area (Å²) in [6.07, 6.45) is 0. The van der Waals surface area contributed by atoms with Gasteiger partial charge in [-0.15, -0.1) is 0 Å². The molecule has 0 spiro atoms. The highest BCUT2D eigenvalue weighted by atomic mass is 35.5. The monoisotopic (exact) mass is 458 g/mol. The molecule has 8 heteroatoms. The van der Waals surface area contributed by atoms with Gasteiger partial charge in [0.15, 0.2) is 0 Å². The fourth-order valence-corrected chi connectivity index (χ4v) is 3.40. The van der Waals surface area contributed by atoms with E-state index >= 15 is 0 Å². The summed E-state index contributed by atoms with van der Waals surface area (Å²) >= 11 is 12.3. The van der Waals surface area contributed by atoms with E-state index in [0.717, 1.165) is 11.3 Å². The Hall–Kier alpha value is -2.83. The van der Waals surface area contributed by atoms with Gasteiger partial charge >= 0.3 is 0 Å². The standard InChI is InChI=1S/C23H24Cl2N4O2/c1-14(30)26-17-7-9-18(10-8-17)27-22(31)20-12-21(23(2,3)4)28-29(20)13-15-5-6-16(24)11-19(15)25/h5-12H,13H2,1-4H3,(H,26,30)(H,27,31). The van der Waals surface area contributed by atoms with E-state index in [-0.39, 0.29) is 17.2 Å². The molecule has 31 heavy (non-hydrogen) atoms. The summed E-state index contributed by atoms with van der Waals surface area (Å²) in [5.41, 5.74) is 3.05. The average molecular weight is 459 g/mol. The predicted octanol–water partition coefficient (Wildman–Crippen LogP) is 5.75. The van der Waals surface area contributed by atoms with Crippen molar-refractivity contribution >= 4 is 46.4 Å². The summed E-state index contributed by atoms with van der Waals surface area (Å²) in [4.78, 5) is 24.2. The molecular formula is C23H24Cl2N4O2. The van der Waals surface area contributed by atoms with Crippen molar-refractivity contribution < 1.29 is 9.59 Å². The molecule has 0 aliphatic heterocycles. The van der Waals surface area contributed by atoms with E-state index in [0.29, 0.717) is 33.7 Å². The van der Waals surface area contributed by atoms with Gasteiger partial charge in [-0.2, -0.15) is 5.10 Å². The zero-order chi connectivity index (χ0) is 22.8. The van der Waals surface area contributed by atoms with Gasteiger partial charge in [-0.05, 0) is 48.0 Å². The number of rotatable bonds is 5. The maximum Gasteiger partial charge on any atom is 0.273 e. The minimum Gasteiger partial charge on any atom is -0.326 e. The van der Waals surface area contributed by atoms with Crippen LogP contribution in [-0.2, 0) is 16.8 Å². The summed E-state index contributed by atoms with van der Waals surface area (Å²) in [5, 5.41) is 11.3. The number of benzene rings is 2. The van der Waals surface area contributed by atoms with Gasteiger partial charge in [0.2, 0.25) is 5.91 Å². The SMILES string of the molecule is CC(=O)Nc1ccc(NC(=O)c2cc(C(C)(C)C)nn2Cc2ccc(Cl)cc2Cl)cc1. The maximum absolute atomic E-state index is 13.1. The first kappa shape index (κ1) is 22.8. The first-order valence-electron chi connectivity index (χ1n) is 9.74. The molecule has 1 aromatic heterocycles. The van der Waals surface area contributed by atoms with E-state index in [4.69, 9.17) is 23.2 Å². The largest absolute Gasteiger partial charge is 0.326 e. The Morgan fingerprint density at radius 2 is 1.58 bits per heavy atom. The average Bonchev–Trinajstić information content (AvgIpc) is 3.10. The number of carbonyl (C=O) groups excluding carboxylic acids is 2. The van der Waals surface area contributed by atoms with Crippen LogP contribution in [-0.4, -0.2) is 21.6 Å². The lowest BCUT2D eigenvalue weighted by atomic mass is 9.92. The van der Waals surface area contributed by atoms with Gasteiger partial charge in [-0.3, -0.25) is 14.3 Å². The lowest BCUT2D eigenvalue weighted by Gasteiger charge is -2.14. The van der Waals surface area contributed by atoms with Crippen molar-refractivity contribution in [3.05, 3.63) is 75.5 Å². The summed E-state index contributed by atoms with van der Waals surface area (Å²) < 4.78 is 1.65. The van der Waals surface area contributed by atoms with E-state index in [1.54, 1.807) is 47.1 Å². The van der Waals surface area contributed by atoms with Crippen LogP contribution in [0.4, 0.5) is 11.4 Å². The Bertz CT molecular complexity index is 1120. The Morgan fingerprint density at radius 1 is 0.968 bits per heavy atom. The quantitative estimate of drug-likeness (QED) is 0.511. The van der Waals surface area contributed by atoms with Crippen molar-refractivity contribution in [2.24, 2.45) is 0 Å². The number of hydrogen-bond acceptors (Lipinski definition) is 3. The van der Waals surface area contributed by atoms with Crippen LogP contribution in [0.1, 0.15) is 49.4 Å². The number of halogens is 2. The van der Waals surface area contributed by atoms with Crippen LogP contribution < -0.4 is 10.6 Å². The van der Waals surface area contributed by atoms with E-state index < -0.39 is 0 Å². The lowest BCUT2D eigenvalue weighted by molar-refractivity contribution is -0.114. The molecule has 0 unspecified atom stereocenters. The molecule has 0 saturated heterocycles. The molecule has 6 nitrogen and oxygen atoms in total. The Balaban J connectivity index is 1.88. The molecule has 0 radical (unpaired) electrons. The first-order chi connectivity index (χ1) is 14.5. The van der Waals surface area contributed by atoms with E-state index in [2.05, 4.69) is 15.7 Å². The molecule has 2 aromatic carbocycles. The van der Waals surface area contributed by atoms with Crippen molar-refractivity contribution in [1.82, 2.24) is 9.78 Å². The molecule has 0 aliphatic carbocycles. The highest BCUT2D eigenvalue weighted by Crippen LogP contribution is 2.26. The maximum atomic E-state index is 13.1. The van der Waals surface area contributed by atoms with Crippen LogP contribution in [0.25, 0.3) is 0 Å². The fraction of sp³-hybridized carbons (Fsp3) is 0.261. The lowest BCUT2D eigenvalue weighted by Crippen LogP contribution is -2.18. The summed E-state index contributed by atoms with van der Waals surface area (Å²) in [7, 11) is 0. The van der Waals surface area contributed by atoms with Gasteiger partial charge in [0.1, 0.15) is 5.69 Å². The molecular weight excluding hydrogens is 435 g/mol. The molecule has 1 heterocycles. The molecule has 2 amide bonds. The molecule has 0 fully saturated rings. The van der Waals surface area contributed by atoms with E-state index in [1.165, 1.54) is 6.92 Å². The minimum absolute atomic E-state index is 0.156. The predicted molar refractivity (Wildman–Crippen MR) is 125 cm³/mol. The summed E-state index contributed by atoms with van der Waals surface area (Å²) in [6, 6.07) is 14.0. The van der Waals surface area contributed by atoms with Crippen LogP contribution in [0.2, 0.25) is 10.0 Å². The van der Waals surface area contributed by atoms with Gasteiger partial charge in [-0.1, -0.05) is 50.0 Å². The van der Waals surface area contributed by atoms with Crippen LogP contribution >= 0.6 is 23.2 Å². The smallest absolute Gasteiger partial charge is 0.273 e. The van der Waals surface area contributed by atoms with Crippen molar-refractivity contribution in [3.8, 4) is 0 Å². The van der Waals surface area contributed by atoms with Gasteiger partial charge in [0.05, 0.1) is 12.2 Å². The molecule has 162 valence electrons. The molecule has 2 N–H and O–H groups in total. The Kier molecular flexibility index (Phi) is 6.72. The second-order valence-corrected chi connectivity index (χ2v) is 9.11. The molecule has 0 aliphatic rings. The molecule has 3 rings (SSSR count). The van der Waals surface area contributed by atoms with E-state index in [1.807, 2.05) is 26.8 Å². The summed E-state index contributed by atoms with van der Waals surface area (Å²) in [6.45, 7) is 7.89. The number of anilines is 2. The van der Waals surface area contributed by atoms with Crippen LogP contribution in [0, 0.1) is 0 Å². The highest BCUT2D eigenvalue weighted by molar-refractivity contribution is 6.35. The molecule has 3 aromatic rings.